The molecule has 1 saturated heterocycles. The summed E-state index contributed by atoms with van der Waals surface area (Å²) >= 11 is 6.80. The van der Waals surface area contributed by atoms with E-state index >= 15 is 0 Å². The van der Waals surface area contributed by atoms with Gasteiger partial charge in [-0.1, -0.05) is 13.8 Å². The van der Waals surface area contributed by atoms with Gasteiger partial charge in [-0.25, -0.2) is 4.79 Å². The van der Waals surface area contributed by atoms with Crippen molar-refractivity contribution in [1.29, 1.82) is 0 Å². The Bertz CT molecular complexity index is 1090. The number of hydrogen-bond acceptors (Lipinski definition) is 8. The smallest absolute Gasteiger partial charge is 0.338 e. The lowest BCUT2D eigenvalue weighted by atomic mass is 9.42. The Morgan fingerprint density at radius 2 is 1.62 bits per heavy atom. The van der Waals surface area contributed by atoms with Crippen LogP contribution in [-0.2, 0) is 14.3 Å². The number of rotatable bonds is 1. The van der Waals surface area contributed by atoms with E-state index in [1.54, 1.807) is 6.92 Å². The van der Waals surface area contributed by atoms with E-state index in [-0.39, 0.29) is 23.5 Å². The number of fused-ring (bicyclic) bond motifs is 7. The summed E-state index contributed by atoms with van der Waals surface area (Å²) in [5.41, 5.74) is -7.90. The highest BCUT2D eigenvalue weighted by atomic mass is 35.5. The average Bonchev–Trinajstić information content (AvgIpc) is 3.25. The monoisotopic (exact) mass is 538 g/mol. The summed E-state index contributed by atoms with van der Waals surface area (Å²) in [4.78, 5) is 26.0. The van der Waals surface area contributed by atoms with E-state index < -0.39 is 68.6 Å². The Morgan fingerprint density at radius 1 is 0.946 bits per heavy atom. The van der Waals surface area contributed by atoms with Crippen LogP contribution >= 0.6 is 11.6 Å². The number of ether oxygens (including phenoxy) is 1. The molecule has 5 fully saturated rings. The second-order valence-electron chi connectivity index (χ2n) is 13.9. The fourth-order valence-corrected chi connectivity index (χ4v) is 10.8. The molecule has 8 nitrogen and oxygen atoms in total. The fourth-order valence-electron chi connectivity index (χ4n) is 10.2. The zero-order chi connectivity index (χ0) is 27.1. The van der Waals surface area contributed by atoms with E-state index in [2.05, 4.69) is 0 Å². The summed E-state index contributed by atoms with van der Waals surface area (Å²) in [5.74, 6) is -2.16. The van der Waals surface area contributed by atoms with Crippen LogP contribution < -0.4 is 0 Å². The number of aliphatic hydroxyl groups is 5. The lowest BCUT2D eigenvalue weighted by Crippen LogP contribution is -2.73. The van der Waals surface area contributed by atoms with Crippen LogP contribution in [0.1, 0.15) is 66.2 Å². The van der Waals surface area contributed by atoms with Crippen molar-refractivity contribution in [2.45, 2.75) is 107 Å². The number of halogens is 1. The van der Waals surface area contributed by atoms with Gasteiger partial charge in [0, 0.05) is 16.7 Å². The van der Waals surface area contributed by atoms with E-state index in [0.29, 0.717) is 38.5 Å². The summed E-state index contributed by atoms with van der Waals surface area (Å²) in [7, 11) is 0. The van der Waals surface area contributed by atoms with E-state index in [1.807, 2.05) is 13.8 Å². The Labute approximate surface area is 222 Å². The van der Waals surface area contributed by atoms with Crippen molar-refractivity contribution in [3.05, 3.63) is 12.2 Å². The van der Waals surface area contributed by atoms with E-state index in [9.17, 15) is 35.1 Å². The molecule has 5 aliphatic carbocycles. The van der Waals surface area contributed by atoms with Gasteiger partial charge in [0.15, 0.2) is 11.4 Å². The van der Waals surface area contributed by atoms with Crippen LogP contribution in [0.5, 0.6) is 0 Å². The van der Waals surface area contributed by atoms with E-state index in [0.717, 1.165) is 0 Å². The zero-order valence-corrected chi connectivity index (χ0v) is 22.6. The highest BCUT2D eigenvalue weighted by molar-refractivity contribution is 6.22. The third kappa shape index (κ3) is 2.69. The molecule has 0 aromatic rings. The van der Waals surface area contributed by atoms with Crippen LogP contribution in [0.2, 0.25) is 0 Å². The SMILES string of the molecule is CC12C[C@@H](OC(=O)[C@]1(C)O)[C@@H]([C@@]1(O)[C@H](O)C[C@H]3[C@@H]4C[C@H](Cl)[C@]5(O)[C@@H](O)C=CC(=O)[C@]5(C)[C@H]4CC[C@@]31C)C2. The number of esters is 1. The highest BCUT2D eigenvalue weighted by Crippen LogP contribution is 2.72. The molecule has 37 heavy (non-hydrogen) atoms. The Balaban J connectivity index is 1.40. The first-order valence-electron chi connectivity index (χ1n) is 13.6. The number of ketones is 1. The summed E-state index contributed by atoms with van der Waals surface area (Å²) in [6.45, 7) is 7.00. The van der Waals surface area contributed by atoms with E-state index in [1.165, 1.54) is 19.1 Å². The zero-order valence-electron chi connectivity index (χ0n) is 21.9. The predicted molar refractivity (Wildman–Crippen MR) is 132 cm³/mol. The lowest BCUT2D eigenvalue weighted by Gasteiger charge is -2.64. The molecule has 0 radical (unpaired) electrons. The molecule has 4 saturated carbocycles. The van der Waals surface area contributed by atoms with Crippen LogP contribution in [0.15, 0.2) is 12.2 Å². The molecule has 0 aromatic carbocycles. The molecule has 2 bridgehead atoms. The van der Waals surface area contributed by atoms with Crippen molar-refractivity contribution < 1.29 is 39.9 Å². The molecule has 206 valence electrons. The Hall–Kier alpha value is -1.03. The number of aliphatic hydroxyl groups excluding tert-OH is 2. The van der Waals surface area contributed by atoms with Gasteiger partial charge in [-0.05, 0) is 82.3 Å². The number of allylic oxidation sites excluding steroid dienone is 1. The molecule has 0 spiro atoms. The maximum atomic E-state index is 13.3. The summed E-state index contributed by atoms with van der Waals surface area (Å²) in [6, 6.07) is 0. The fraction of sp³-hybridized carbons (Fsp3) is 0.857. The van der Waals surface area contributed by atoms with Crippen LogP contribution in [-0.4, -0.2) is 77.8 Å². The molecular weight excluding hydrogens is 500 g/mol. The number of hydrogen-bond donors (Lipinski definition) is 5. The first-order chi connectivity index (χ1) is 17.0. The van der Waals surface area contributed by atoms with Gasteiger partial charge in [0.1, 0.15) is 23.4 Å². The van der Waals surface area contributed by atoms with Gasteiger partial charge in [-0.3, -0.25) is 4.79 Å². The molecule has 9 heteroatoms. The van der Waals surface area contributed by atoms with Crippen LogP contribution in [0, 0.1) is 39.9 Å². The maximum Gasteiger partial charge on any atom is 0.338 e. The molecule has 0 amide bonds. The first-order valence-corrected chi connectivity index (χ1v) is 14.0. The maximum absolute atomic E-state index is 13.3. The third-order valence-corrected chi connectivity index (χ3v) is 13.3. The minimum Gasteiger partial charge on any atom is -0.460 e. The van der Waals surface area contributed by atoms with Crippen LogP contribution in [0.4, 0.5) is 0 Å². The molecule has 14 atom stereocenters. The van der Waals surface area contributed by atoms with Gasteiger partial charge in [0.05, 0.1) is 16.9 Å². The van der Waals surface area contributed by atoms with Crippen molar-refractivity contribution >= 4 is 23.4 Å². The van der Waals surface area contributed by atoms with Gasteiger partial charge in [-0.2, -0.15) is 0 Å². The second-order valence-corrected chi connectivity index (χ2v) is 14.4. The van der Waals surface area contributed by atoms with Gasteiger partial charge in [0.25, 0.3) is 0 Å². The molecule has 0 aromatic heterocycles. The van der Waals surface area contributed by atoms with Crippen LogP contribution in [0.3, 0.4) is 0 Å². The molecular formula is C28H39ClO8. The normalized spacial score (nSPS) is 62.5. The highest BCUT2D eigenvalue weighted by Gasteiger charge is 2.77. The predicted octanol–water partition coefficient (Wildman–Crippen LogP) is 1.47. The molecule has 6 rings (SSSR count). The standard InChI is InChI=1S/C28H39ClO8/c1-23-11-16(17(12-23)37-22(33)26(23,4)34)27(35)21(32)10-15-13-9-18(29)28(36)20(31)6-5-19(30)25(28,3)14(13)7-8-24(15,27)2/h5-6,13-18,20-21,31-32,34-36H,7-12H2,1-4H3/t13-,14+,15+,16+,17-,18+,20+,21-,23?,24+,25+,26+,27-,28+/m1/s1. The average molecular weight is 539 g/mol. The minimum absolute atomic E-state index is 0.167. The summed E-state index contributed by atoms with van der Waals surface area (Å²) < 4.78 is 5.68. The lowest BCUT2D eigenvalue weighted by molar-refractivity contribution is -0.232. The number of alkyl halides is 1. The largest absolute Gasteiger partial charge is 0.460 e. The van der Waals surface area contributed by atoms with Crippen molar-refractivity contribution in [3.8, 4) is 0 Å². The van der Waals surface area contributed by atoms with Crippen molar-refractivity contribution in [3.63, 3.8) is 0 Å². The molecule has 6 aliphatic rings. The number of carbonyl (C=O) groups excluding carboxylic acids is 2. The van der Waals surface area contributed by atoms with Gasteiger partial charge in [0.2, 0.25) is 0 Å². The Morgan fingerprint density at radius 3 is 2.30 bits per heavy atom. The first kappa shape index (κ1) is 26.2. The second kappa shape index (κ2) is 7.38. The molecule has 1 heterocycles. The van der Waals surface area contributed by atoms with Crippen LogP contribution in [0.25, 0.3) is 0 Å². The van der Waals surface area contributed by atoms with Gasteiger partial charge >= 0.3 is 5.97 Å². The van der Waals surface area contributed by atoms with E-state index in [4.69, 9.17) is 16.3 Å². The van der Waals surface area contributed by atoms with Gasteiger partial charge < -0.3 is 30.3 Å². The summed E-state index contributed by atoms with van der Waals surface area (Å²) in [5, 5.41) is 56.6. The van der Waals surface area contributed by atoms with Crippen molar-refractivity contribution in [1.82, 2.24) is 0 Å². The molecule has 1 aliphatic heterocycles. The van der Waals surface area contributed by atoms with Crippen molar-refractivity contribution in [2.24, 2.45) is 39.9 Å². The topological polar surface area (TPSA) is 145 Å². The van der Waals surface area contributed by atoms with Gasteiger partial charge in [-0.15, -0.1) is 11.6 Å². The number of carbonyl (C=O) groups is 2. The molecule has 5 N–H and O–H groups in total. The molecule has 1 unspecified atom stereocenters. The van der Waals surface area contributed by atoms with Crippen molar-refractivity contribution in [2.75, 3.05) is 0 Å². The quantitative estimate of drug-likeness (QED) is 0.249. The minimum atomic E-state index is -1.81. The Kier molecular flexibility index (Phi) is 5.22. The third-order valence-electron chi connectivity index (χ3n) is 12.8. The summed E-state index contributed by atoms with van der Waals surface area (Å²) in [6.07, 6.45) is 2.08.